The van der Waals surface area contributed by atoms with Crippen molar-refractivity contribution < 1.29 is 14.3 Å². The van der Waals surface area contributed by atoms with Crippen LogP contribution in [0.5, 0.6) is 0 Å². The molecular formula is C21H27N5O3. The Kier molecular flexibility index (Phi) is 6.53. The molecular weight excluding hydrogens is 370 g/mol. The number of benzene rings is 1. The first-order valence-corrected chi connectivity index (χ1v) is 10.2. The Morgan fingerprint density at radius 1 is 0.931 bits per heavy atom. The number of carbonyl (C=O) groups excluding carboxylic acids is 1. The molecule has 2 saturated heterocycles. The molecule has 0 aliphatic carbocycles. The highest BCUT2D eigenvalue weighted by molar-refractivity contribution is 5.93. The van der Waals surface area contributed by atoms with Crippen molar-refractivity contribution in [1.82, 2.24) is 15.3 Å². The number of carbonyl (C=O) groups is 1. The van der Waals surface area contributed by atoms with Crippen LogP contribution in [-0.2, 0) is 15.9 Å². The predicted octanol–water partition coefficient (Wildman–Crippen LogP) is 1.12. The lowest BCUT2D eigenvalue weighted by Gasteiger charge is -2.31. The monoisotopic (exact) mass is 397 g/mol. The summed E-state index contributed by atoms with van der Waals surface area (Å²) in [6.45, 7) is 6.14. The summed E-state index contributed by atoms with van der Waals surface area (Å²) in [6, 6.07) is 11.9. The van der Waals surface area contributed by atoms with Crippen molar-refractivity contribution >= 4 is 17.7 Å². The smallest absolute Gasteiger partial charge is 0.270 e. The fraction of sp³-hybridized carbons (Fsp3) is 0.476. The second-order valence-electron chi connectivity index (χ2n) is 7.10. The Morgan fingerprint density at radius 3 is 2.28 bits per heavy atom. The number of nitrogens with zero attached hydrogens (tertiary/aromatic N) is 4. The molecule has 2 fully saturated rings. The van der Waals surface area contributed by atoms with Gasteiger partial charge >= 0.3 is 0 Å². The zero-order valence-corrected chi connectivity index (χ0v) is 16.5. The number of morpholine rings is 2. The van der Waals surface area contributed by atoms with Gasteiger partial charge in [0.05, 0.1) is 26.4 Å². The van der Waals surface area contributed by atoms with E-state index in [1.54, 1.807) is 6.07 Å². The van der Waals surface area contributed by atoms with Gasteiger partial charge in [0.15, 0.2) is 0 Å². The van der Waals surface area contributed by atoms with E-state index in [4.69, 9.17) is 14.5 Å². The van der Waals surface area contributed by atoms with E-state index in [-0.39, 0.29) is 5.91 Å². The van der Waals surface area contributed by atoms with Crippen molar-refractivity contribution in [3.8, 4) is 0 Å². The SMILES string of the molecule is O=C(NCCc1ccccc1)c1cc(N2CCOCC2)nc(N2CCOCC2)n1. The van der Waals surface area contributed by atoms with E-state index < -0.39 is 0 Å². The number of aromatic nitrogens is 2. The summed E-state index contributed by atoms with van der Waals surface area (Å²) in [5, 5.41) is 2.99. The molecule has 8 heteroatoms. The first-order valence-electron chi connectivity index (χ1n) is 10.2. The van der Waals surface area contributed by atoms with Crippen LogP contribution in [0, 0.1) is 0 Å². The average Bonchev–Trinajstić information content (AvgIpc) is 2.80. The molecule has 0 radical (unpaired) electrons. The third-order valence-electron chi connectivity index (χ3n) is 5.10. The zero-order valence-electron chi connectivity index (χ0n) is 16.5. The maximum absolute atomic E-state index is 12.8. The predicted molar refractivity (Wildman–Crippen MR) is 111 cm³/mol. The van der Waals surface area contributed by atoms with Crippen molar-refractivity contribution in [1.29, 1.82) is 0 Å². The maximum atomic E-state index is 12.8. The Hall–Kier alpha value is -2.71. The second kappa shape index (κ2) is 9.67. The number of nitrogens with one attached hydrogen (secondary N) is 1. The van der Waals surface area contributed by atoms with Crippen molar-refractivity contribution in [2.24, 2.45) is 0 Å². The quantitative estimate of drug-likeness (QED) is 0.782. The van der Waals surface area contributed by atoms with E-state index >= 15 is 0 Å². The zero-order chi connectivity index (χ0) is 19.9. The van der Waals surface area contributed by atoms with Crippen LogP contribution in [0.1, 0.15) is 16.1 Å². The lowest BCUT2D eigenvalue weighted by molar-refractivity contribution is 0.0949. The van der Waals surface area contributed by atoms with Gasteiger partial charge in [-0.1, -0.05) is 30.3 Å². The van der Waals surface area contributed by atoms with Gasteiger partial charge in [0.1, 0.15) is 11.5 Å². The lowest BCUT2D eigenvalue weighted by Crippen LogP contribution is -2.40. The van der Waals surface area contributed by atoms with Gasteiger partial charge in [-0.2, -0.15) is 4.98 Å². The second-order valence-corrected chi connectivity index (χ2v) is 7.10. The molecule has 0 atom stereocenters. The van der Waals surface area contributed by atoms with Crippen LogP contribution < -0.4 is 15.1 Å². The minimum atomic E-state index is -0.174. The van der Waals surface area contributed by atoms with Gasteiger partial charge in [0.25, 0.3) is 5.91 Å². The topological polar surface area (TPSA) is 79.8 Å². The fourth-order valence-electron chi connectivity index (χ4n) is 3.45. The summed E-state index contributed by atoms with van der Waals surface area (Å²) in [7, 11) is 0. The van der Waals surface area contributed by atoms with Crippen molar-refractivity contribution in [3.05, 3.63) is 47.7 Å². The van der Waals surface area contributed by atoms with E-state index in [0.717, 1.165) is 38.4 Å². The summed E-state index contributed by atoms with van der Waals surface area (Å²) in [6.07, 6.45) is 0.782. The van der Waals surface area contributed by atoms with E-state index in [0.29, 0.717) is 44.6 Å². The van der Waals surface area contributed by atoms with Gasteiger partial charge in [-0.15, -0.1) is 0 Å². The molecule has 154 valence electrons. The summed E-state index contributed by atoms with van der Waals surface area (Å²) in [4.78, 5) is 26.4. The van der Waals surface area contributed by atoms with Crippen molar-refractivity contribution in [3.63, 3.8) is 0 Å². The lowest BCUT2D eigenvalue weighted by atomic mass is 10.1. The van der Waals surface area contributed by atoms with Crippen LogP contribution in [0.4, 0.5) is 11.8 Å². The molecule has 8 nitrogen and oxygen atoms in total. The Balaban J connectivity index is 1.49. The van der Waals surface area contributed by atoms with Crippen LogP contribution in [0.25, 0.3) is 0 Å². The van der Waals surface area contributed by atoms with E-state index in [1.807, 2.05) is 18.2 Å². The van der Waals surface area contributed by atoms with Crippen LogP contribution in [0.15, 0.2) is 36.4 Å². The molecule has 2 aromatic rings. The molecule has 2 aliphatic rings. The number of amides is 1. The van der Waals surface area contributed by atoms with Gasteiger partial charge in [-0.25, -0.2) is 4.98 Å². The average molecular weight is 397 g/mol. The normalized spacial score (nSPS) is 17.2. The summed E-state index contributed by atoms with van der Waals surface area (Å²) in [5.74, 6) is 1.19. The highest BCUT2D eigenvalue weighted by atomic mass is 16.5. The highest BCUT2D eigenvalue weighted by Crippen LogP contribution is 2.20. The van der Waals surface area contributed by atoms with Crippen LogP contribution in [0.3, 0.4) is 0 Å². The number of hydrogen-bond donors (Lipinski definition) is 1. The molecule has 0 spiro atoms. The molecule has 1 aromatic heterocycles. The van der Waals surface area contributed by atoms with Gasteiger partial charge in [0, 0.05) is 38.8 Å². The molecule has 29 heavy (non-hydrogen) atoms. The molecule has 1 amide bonds. The molecule has 3 heterocycles. The molecule has 1 N–H and O–H groups in total. The molecule has 2 aliphatic heterocycles. The van der Waals surface area contributed by atoms with Crippen LogP contribution in [-0.4, -0.2) is 75.0 Å². The number of anilines is 2. The summed E-state index contributed by atoms with van der Waals surface area (Å²) < 4.78 is 10.9. The summed E-state index contributed by atoms with van der Waals surface area (Å²) in [5.41, 5.74) is 1.59. The van der Waals surface area contributed by atoms with Gasteiger partial charge in [-0.3, -0.25) is 4.79 Å². The van der Waals surface area contributed by atoms with Crippen LogP contribution in [0.2, 0.25) is 0 Å². The first kappa shape index (κ1) is 19.6. The largest absolute Gasteiger partial charge is 0.378 e. The van der Waals surface area contributed by atoms with Crippen molar-refractivity contribution in [2.45, 2.75) is 6.42 Å². The Labute approximate surface area is 170 Å². The third-order valence-corrected chi connectivity index (χ3v) is 5.10. The summed E-state index contributed by atoms with van der Waals surface area (Å²) >= 11 is 0. The van der Waals surface area contributed by atoms with Crippen molar-refractivity contribution in [2.75, 3.05) is 69.0 Å². The fourth-order valence-corrected chi connectivity index (χ4v) is 3.45. The third kappa shape index (κ3) is 5.21. The van der Waals surface area contributed by atoms with E-state index in [9.17, 15) is 4.79 Å². The highest BCUT2D eigenvalue weighted by Gasteiger charge is 2.21. The Morgan fingerprint density at radius 2 is 1.59 bits per heavy atom. The Bertz CT molecular complexity index is 769. The number of ether oxygens (including phenoxy) is 2. The van der Waals surface area contributed by atoms with Gasteiger partial charge in [0.2, 0.25) is 5.95 Å². The van der Waals surface area contributed by atoms with E-state index in [1.165, 1.54) is 5.56 Å². The number of hydrogen-bond acceptors (Lipinski definition) is 7. The van der Waals surface area contributed by atoms with Gasteiger partial charge in [-0.05, 0) is 12.0 Å². The first-order chi connectivity index (χ1) is 14.3. The molecule has 0 saturated carbocycles. The van der Waals surface area contributed by atoms with Crippen LogP contribution >= 0.6 is 0 Å². The standard InChI is InChI=1S/C21H27N5O3/c27-20(22-7-6-17-4-2-1-3-5-17)18-16-19(25-8-12-28-13-9-25)24-21(23-18)26-10-14-29-15-11-26/h1-5,16H,6-15H2,(H,22,27). The number of rotatable bonds is 6. The molecule has 4 rings (SSSR count). The molecule has 0 unspecified atom stereocenters. The maximum Gasteiger partial charge on any atom is 0.270 e. The van der Waals surface area contributed by atoms with Gasteiger partial charge < -0.3 is 24.6 Å². The molecule has 1 aromatic carbocycles. The van der Waals surface area contributed by atoms with E-state index in [2.05, 4.69) is 32.2 Å². The minimum Gasteiger partial charge on any atom is -0.378 e. The molecule has 0 bridgehead atoms. The minimum absolute atomic E-state index is 0.174.